The summed E-state index contributed by atoms with van der Waals surface area (Å²) in [4.78, 5) is 0. The molecule has 0 saturated heterocycles. The van der Waals surface area contributed by atoms with Crippen LogP contribution in [0, 0.1) is 0 Å². The highest BCUT2D eigenvalue weighted by Crippen LogP contribution is 2.32. The van der Waals surface area contributed by atoms with Gasteiger partial charge in [0.2, 0.25) is 0 Å². The van der Waals surface area contributed by atoms with Crippen molar-refractivity contribution in [3.8, 4) is 0 Å². The van der Waals surface area contributed by atoms with Crippen molar-refractivity contribution in [2.24, 2.45) is 5.73 Å². The van der Waals surface area contributed by atoms with Gasteiger partial charge in [-0.3, -0.25) is 0 Å². The summed E-state index contributed by atoms with van der Waals surface area (Å²) < 4.78 is 0. The summed E-state index contributed by atoms with van der Waals surface area (Å²) in [7, 11) is 0. The van der Waals surface area contributed by atoms with Crippen molar-refractivity contribution >= 4 is 0 Å². The van der Waals surface area contributed by atoms with Gasteiger partial charge in [-0.2, -0.15) is 0 Å². The molecular formula is C15H17NO. The van der Waals surface area contributed by atoms with Gasteiger partial charge in [-0.05, 0) is 18.1 Å². The fourth-order valence-electron chi connectivity index (χ4n) is 1.94. The molecule has 88 valence electrons. The lowest BCUT2D eigenvalue weighted by molar-refractivity contribution is 0.0932. The van der Waals surface area contributed by atoms with Crippen LogP contribution in [-0.4, -0.2) is 5.11 Å². The van der Waals surface area contributed by atoms with Gasteiger partial charge in [-0.1, -0.05) is 60.7 Å². The van der Waals surface area contributed by atoms with E-state index in [-0.39, 0.29) is 0 Å². The van der Waals surface area contributed by atoms with E-state index in [0.717, 1.165) is 11.1 Å². The average Bonchev–Trinajstić information content (AvgIpc) is 2.40. The Labute approximate surface area is 102 Å². The van der Waals surface area contributed by atoms with Gasteiger partial charge in [0.1, 0.15) is 6.10 Å². The lowest BCUT2D eigenvalue weighted by Crippen LogP contribution is -2.39. The van der Waals surface area contributed by atoms with E-state index in [1.54, 1.807) is 0 Å². The zero-order chi connectivity index (χ0) is 12.3. The molecule has 0 heterocycles. The van der Waals surface area contributed by atoms with Crippen molar-refractivity contribution < 1.29 is 5.11 Å². The Morgan fingerprint density at radius 3 is 1.94 bits per heavy atom. The Morgan fingerprint density at radius 2 is 1.41 bits per heavy atom. The molecule has 0 aromatic heterocycles. The second-order valence-corrected chi connectivity index (χ2v) is 4.46. The molecule has 2 aromatic carbocycles. The van der Waals surface area contributed by atoms with E-state index < -0.39 is 11.6 Å². The smallest absolute Gasteiger partial charge is 0.101 e. The minimum absolute atomic E-state index is 0.717. The van der Waals surface area contributed by atoms with Crippen molar-refractivity contribution in [1.82, 2.24) is 0 Å². The van der Waals surface area contributed by atoms with Gasteiger partial charge in [0.25, 0.3) is 0 Å². The molecule has 2 heteroatoms. The standard InChI is InChI=1S/C15H17NO/c1-15(16,13-10-6-3-7-11-13)14(17)12-8-4-2-5-9-12/h2-11,14,17H,16H2,1H3/t14-,15?/m1/s1. The van der Waals surface area contributed by atoms with E-state index in [1.165, 1.54) is 0 Å². The van der Waals surface area contributed by atoms with Gasteiger partial charge >= 0.3 is 0 Å². The highest BCUT2D eigenvalue weighted by atomic mass is 16.3. The third-order valence-electron chi connectivity index (χ3n) is 3.08. The summed E-state index contributed by atoms with van der Waals surface area (Å²) in [5.41, 5.74) is 7.24. The first kappa shape index (κ1) is 11.8. The molecule has 17 heavy (non-hydrogen) atoms. The molecule has 0 amide bonds. The molecule has 0 aliphatic heterocycles. The highest BCUT2D eigenvalue weighted by molar-refractivity contribution is 5.29. The molecule has 0 fully saturated rings. The average molecular weight is 227 g/mol. The summed E-state index contributed by atoms with van der Waals surface area (Å²) >= 11 is 0. The summed E-state index contributed by atoms with van der Waals surface area (Å²) in [5, 5.41) is 10.4. The number of benzene rings is 2. The Morgan fingerprint density at radius 1 is 0.941 bits per heavy atom. The van der Waals surface area contributed by atoms with Crippen molar-refractivity contribution in [2.75, 3.05) is 0 Å². The lowest BCUT2D eigenvalue weighted by Gasteiger charge is -2.31. The van der Waals surface area contributed by atoms with Crippen LogP contribution in [0.1, 0.15) is 24.2 Å². The van der Waals surface area contributed by atoms with E-state index in [9.17, 15) is 5.11 Å². The third kappa shape index (κ3) is 2.38. The van der Waals surface area contributed by atoms with E-state index >= 15 is 0 Å². The van der Waals surface area contributed by atoms with Gasteiger partial charge in [0.15, 0.2) is 0 Å². The number of nitrogens with two attached hydrogens (primary N) is 1. The first-order chi connectivity index (χ1) is 8.12. The molecule has 0 radical (unpaired) electrons. The van der Waals surface area contributed by atoms with E-state index in [2.05, 4.69) is 0 Å². The molecule has 3 N–H and O–H groups in total. The second kappa shape index (κ2) is 4.70. The van der Waals surface area contributed by atoms with Crippen molar-refractivity contribution in [3.05, 3.63) is 71.8 Å². The Hall–Kier alpha value is -1.64. The number of aliphatic hydroxyl groups is 1. The fraction of sp³-hybridized carbons (Fsp3) is 0.200. The molecule has 2 atom stereocenters. The molecule has 0 saturated carbocycles. The van der Waals surface area contributed by atoms with Crippen LogP contribution in [0.25, 0.3) is 0 Å². The van der Waals surface area contributed by atoms with Crippen LogP contribution >= 0.6 is 0 Å². The Balaban J connectivity index is 2.33. The van der Waals surface area contributed by atoms with Crippen LogP contribution in [0.3, 0.4) is 0 Å². The van der Waals surface area contributed by atoms with E-state index in [1.807, 2.05) is 67.6 Å². The lowest BCUT2D eigenvalue weighted by atomic mass is 9.84. The van der Waals surface area contributed by atoms with Gasteiger partial charge in [0.05, 0.1) is 5.54 Å². The van der Waals surface area contributed by atoms with Crippen molar-refractivity contribution in [2.45, 2.75) is 18.6 Å². The number of aliphatic hydroxyl groups excluding tert-OH is 1. The molecule has 0 spiro atoms. The van der Waals surface area contributed by atoms with Gasteiger partial charge in [-0.25, -0.2) is 0 Å². The molecular weight excluding hydrogens is 210 g/mol. The molecule has 2 rings (SSSR count). The monoisotopic (exact) mass is 227 g/mol. The van der Waals surface area contributed by atoms with Gasteiger partial charge in [-0.15, -0.1) is 0 Å². The molecule has 0 aliphatic rings. The maximum atomic E-state index is 10.4. The first-order valence-corrected chi connectivity index (χ1v) is 5.70. The van der Waals surface area contributed by atoms with Crippen molar-refractivity contribution in [1.29, 1.82) is 0 Å². The number of hydrogen-bond acceptors (Lipinski definition) is 2. The second-order valence-electron chi connectivity index (χ2n) is 4.46. The molecule has 2 aromatic rings. The van der Waals surface area contributed by atoms with Crippen LogP contribution < -0.4 is 5.73 Å². The summed E-state index contributed by atoms with van der Waals surface area (Å²) in [6.45, 7) is 1.85. The quantitative estimate of drug-likeness (QED) is 0.846. The topological polar surface area (TPSA) is 46.2 Å². The summed E-state index contributed by atoms with van der Waals surface area (Å²) in [6, 6.07) is 19.2. The first-order valence-electron chi connectivity index (χ1n) is 5.70. The minimum atomic E-state index is -0.789. The molecule has 0 aliphatic carbocycles. The molecule has 0 bridgehead atoms. The largest absolute Gasteiger partial charge is 0.386 e. The maximum absolute atomic E-state index is 10.4. The zero-order valence-corrected chi connectivity index (χ0v) is 9.88. The SMILES string of the molecule is CC(N)(c1ccccc1)[C@H](O)c1ccccc1. The summed E-state index contributed by atoms with van der Waals surface area (Å²) in [5.74, 6) is 0. The van der Waals surface area contributed by atoms with E-state index in [0.29, 0.717) is 0 Å². The van der Waals surface area contributed by atoms with Crippen LogP contribution in [-0.2, 0) is 5.54 Å². The van der Waals surface area contributed by atoms with Crippen LogP contribution in [0.5, 0.6) is 0 Å². The molecule has 2 nitrogen and oxygen atoms in total. The molecule has 1 unspecified atom stereocenters. The number of hydrogen-bond donors (Lipinski definition) is 2. The van der Waals surface area contributed by atoms with Gasteiger partial charge < -0.3 is 10.8 Å². The summed E-state index contributed by atoms with van der Waals surface area (Å²) in [6.07, 6.45) is -0.717. The van der Waals surface area contributed by atoms with Crippen LogP contribution in [0.4, 0.5) is 0 Å². The minimum Gasteiger partial charge on any atom is -0.386 e. The normalized spacial score (nSPS) is 16.2. The fourth-order valence-corrected chi connectivity index (χ4v) is 1.94. The highest BCUT2D eigenvalue weighted by Gasteiger charge is 2.31. The third-order valence-corrected chi connectivity index (χ3v) is 3.08. The predicted molar refractivity (Wildman–Crippen MR) is 69.4 cm³/mol. The Bertz CT molecular complexity index is 465. The van der Waals surface area contributed by atoms with Gasteiger partial charge in [0, 0.05) is 0 Å². The van der Waals surface area contributed by atoms with E-state index in [4.69, 9.17) is 5.73 Å². The number of rotatable bonds is 3. The maximum Gasteiger partial charge on any atom is 0.101 e. The van der Waals surface area contributed by atoms with Crippen LogP contribution in [0.15, 0.2) is 60.7 Å². The Kier molecular flexibility index (Phi) is 3.27. The zero-order valence-electron chi connectivity index (χ0n) is 9.88. The predicted octanol–water partition coefficient (Wildman–Crippen LogP) is 2.59. The van der Waals surface area contributed by atoms with Crippen LogP contribution in [0.2, 0.25) is 0 Å². The van der Waals surface area contributed by atoms with Crippen molar-refractivity contribution in [3.63, 3.8) is 0 Å².